The molecule has 2 fully saturated rings. The zero-order valence-corrected chi connectivity index (χ0v) is 21.1. The van der Waals surface area contributed by atoms with E-state index in [1.54, 1.807) is 13.1 Å². The highest BCUT2D eigenvalue weighted by Gasteiger charge is 2.46. The number of hydrogen-bond donors (Lipinski definition) is 3. The lowest BCUT2D eigenvalue weighted by Crippen LogP contribution is -2.46. The number of thiazole rings is 1. The number of aromatic nitrogens is 2. The fraction of sp³-hybridized carbons (Fsp3) is 0.583. The van der Waals surface area contributed by atoms with Crippen LogP contribution in [0.25, 0.3) is 10.4 Å². The van der Waals surface area contributed by atoms with Crippen LogP contribution in [0.4, 0.5) is 14.6 Å². The summed E-state index contributed by atoms with van der Waals surface area (Å²) in [7, 11) is 0. The fourth-order valence-electron chi connectivity index (χ4n) is 4.34. The van der Waals surface area contributed by atoms with Gasteiger partial charge in [0.15, 0.2) is 5.01 Å². The summed E-state index contributed by atoms with van der Waals surface area (Å²) >= 11 is 1.04. The number of aryl methyl sites for hydroxylation is 1. The van der Waals surface area contributed by atoms with Crippen molar-refractivity contribution in [1.82, 2.24) is 20.2 Å². The summed E-state index contributed by atoms with van der Waals surface area (Å²) in [6.07, 6.45) is 2.63. The van der Waals surface area contributed by atoms with Gasteiger partial charge < -0.3 is 20.6 Å². The van der Waals surface area contributed by atoms with Crippen molar-refractivity contribution in [2.24, 2.45) is 0 Å². The summed E-state index contributed by atoms with van der Waals surface area (Å²) in [4.78, 5) is 36.6. The van der Waals surface area contributed by atoms with Crippen molar-refractivity contribution in [1.29, 1.82) is 0 Å². The Labute approximate surface area is 207 Å². The van der Waals surface area contributed by atoms with Gasteiger partial charge in [0, 0.05) is 36.3 Å². The smallest absolute Gasteiger partial charge is 0.280 e. The lowest BCUT2D eigenvalue weighted by atomic mass is 9.89. The quantitative estimate of drug-likeness (QED) is 0.526. The number of halogens is 2. The molecule has 35 heavy (non-hydrogen) atoms. The maximum atomic E-state index is 14.0. The van der Waals surface area contributed by atoms with Crippen LogP contribution in [-0.2, 0) is 0 Å². The summed E-state index contributed by atoms with van der Waals surface area (Å²) in [6, 6.07) is 1.28. The van der Waals surface area contributed by atoms with Crippen molar-refractivity contribution >= 4 is 29.0 Å². The van der Waals surface area contributed by atoms with Crippen LogP contribution < -0.4 is 10.6 Å². The number of likely N-dealkylation sites (tertiary alicyclic amines) is 1. The van der Waals surface area contributed by atoms with E-state index in [4.69, 9.17) is 0 Å². The molecule has 2 aromatic rings. The Balaban J connectivity index is 1.68. The number of nitrogens with one attached hydrogen (secondary N) is 2. The van der Waals surface area contributed by atoms with Crippen molar-refractivity contribution < 1.29 is 23.5 Å². The molecule has 2 atom stereocenters. The van der Waals surface area contributed by atoms with Gasteiger partial charge in [0.2, 0.25) is 0 Å². The lowest BCUT2D eigenvalue weighted by Gasteiger charge is -2.31. The minimum atomic E-state index is -2.96. The molecule has 0 aromatic carbocycles. The summed E-state index contributed by atoms with van der Waals surface area (Å²) in [6.45, 7) is 6.88. The molecule has 0 bridgehead atoms. The van der Waals surface area contributed by atoms with Crippen molar-refractivity contribution in [2.45, 2.75) is 83.5 Å². The van der Waals surface area contributed by atoms with E-state index < -0.39 is 42.8 Å². The number of carbonyl (C=O) groups excluding carboxylic acids is 2. The molecule has 0 radical (unpaired) electrons. The predicted molar refractivity (Wildman–Crippen MR) is 130 cm³/mol. The molecule has 3 heterocycles. The molecule has 1 saturated heterocycles. The Kier molecular flexibility index (Phi) is 7.10. The van der Waals surface area contributed by atoms with Gasteiger partial charge in [-0.15, -0.1) is 11.3 Å². The normalized spacial score (nSPS) is 24.1. The number of aliphatic hydroxyl groups is 1. The Morgan fingerprint density at radius 1 is 1.37 bits per heavy atom. The second-order valence-corrected chi connectivity index (χ2v) is 10.7. The van der Waals surface area contributed by atoms with E-state index in [1.165, 1.54) is 0 Å². The molecule has 8 nitrogen and oxygen atoms in total. The average molecular weight is 508 g/mol. The van der Waals surface area contributed by atoms with Gasteiger partial charge in [-0.3, -0.25) is 9.59 Å². The second kappa shape index (κ2) is 9.77. The SMILES string of the molecule is CC[C@@H](C)Nc1cc(C)c(-c2sc(C(=O)N[C@H]3C[C@H](O)C3)nc2C(=O)N2CC(F)(F)C[C@@H]2C)cn1. The molecule has 1 saturated carbocycles. The minimum Gasteiger partial charge on any atom is -0.393 e. The number of amides is 2. The van der Waals surface area contributed by atoms with E-state index in [2.05, 4.69) is 27.5 Å². The standard InChI is InChI=1S/C24H31F2N5O3S/c1-5-13(3)28-18-6-12(2)17(10-27-18)20-19(23(34)31-11-24(25,26)9-14(31)4)30-22(35-20)21(33)29-15-7-16(32)8-15/h6,10,13-16,32H,5,7-9,11H2,1-4H3,(H,27,28)(H,29,33)/t13-,14+,15-,16-/m1/s1. The third-order valence-electron chi connectivity index (χ3n) is 6.62. The lowest BCUT2D eigenvalue weighted by molar-refractivity contribution is 0.0117. The summed E-state index contributed by atoms with van der Waals surface area (Å²) < 4.78 is 28.1. The van der Waals surface area contributed by atoms with Gasteiger partial charge in [0.05, 0.1) is 17.5 Å². The molecule has 2 amide bonds. The van der Waals surface area contributed by atoms with E-state index in [0.717, 1.165) is 28.2 Å². The maximum absolute atomic E-state index is 14.0. The molecule has 3 N–H and O–H groups in total. The number of anilines is 1. The van der Waals surface area contributed by atoms with Crippen molar-refractivity contribution in [3.63, 3.8) is 0 Å². The monoisotopic (exact) mass is 507 g/mol. The number of carbonyl (C=O) groups is 2. The van der Waals surface area contributed by atoms with Crippen molar-refractivity contribution in [2.75, 3.05) is 11.9 Å². The van der Waals surface area contributed by atoms with Gasteiger partial charge in [-0.1, -0.05) is 6.92 Å². The minimum absolute atomic E-state index is 0.0223. The summed E-state index contributed by atoms with van der Waals surface area (Å²) in [5.74, 6) is -3.35. The molecule has 2 aromatic heterocycles. The van der Waals surface area contributed by atoms with E-state index >= 15 is 0 Å². The second-order valence-electron chi connectivity index (χ2n) is 9.67. The summed E-state index contributed by atoms with van der Waals surface area (Å²) in [5.41, 5.74) is 1.42. The zero-order chi connectivity index (χ0) is 25.5. The highest BCUT2D eigenvalue weighted by Crippen LogP contribution is 2.37. The van der Waals surface area contributed by atoms with Crippen LogP contribution in [0.1, 0.15) is 72.3 Å². The van der Waals surface area contributed by atoms with Crippen molar-refractivity contribution in [3.05, 3.63) is 28.5 Å². The maximum Gasteiger partial charge on any atom is 0.280 e. The molecule has 4 rings (SSSR count). The van der Waals surface area contributed by atoms with Crippen LogP contribution in [0.2, 0.25) is 0 Å². The Hall–Kier alpha value is -2.66. The van der Waals surface area contributed by atoms with E-state index in [9.17, 15) is 23.5 Å². The number of rotatable bonds is 7. The number of aliphatic hydroxyl groups excluding tert-OH is 1. The molecule has 190 valence electrons. The fourth-order valence-corrected chi connectivity index (χ4v) is 5.38. The first kappa shape index (κ1) is 25.4. The Bertz CT molecular complexity index is 1120. The largest absolute Gasteiger partial charge is 0.393 e. The Morgan fingerprint density at radius 3 is 2.66 bits per heavy atom. The number of pyridine rings is 1. The molecule has 0 spiro atoms. The van der Waals surface area contributed by atoms with Crippen LogP contribution in [0.5, 0.6) is 0 Å². The predicted octanol–water partition coefficient (Wildman–Crippen LogP) is 3.85. The highest BCUT2D eigenvalue weighted by molar-refractivity contribution is 7.17. The molecule has 2 aliphatic rings. The van der Waals surface area contributed by atoms with Crippen LogP contribution in [0.3, 0.4) is 0 Å². The van der Waals surface area contributed by atoms with Gasteiger partial charge >= 0.3 is 0 Å². The van der Waals surface area contributed by atoms with Crippen molar-refractivity contribution in [3.8, 4) is 10.4 Å². The molecule has 1 aliphatic heterocycles. The third kappa shape index (κ3) is 5.45. The van der Waals surface area contributed by atoms with Crippen LogP contribution in [0, 0.1) is 6.92 Å². The first-order chi connectivity index (χ1) is 16.5. The van der Waals surface area contributed by atoms with Gasteiger partial charge in [0.1, 0.15) is 11.5 Å². The number of alkyl halides is 2. The number of hydrogen-bond acceptors (Lipinski definition) is 7. The van der Waals surface area contributed by atoms with Gasteiger partial charge in [0.25, 0.3) is 17.7 Å². The average Bonchev–Trinajstić information content (AvgIpc) is 3.32. The highest BCUT2D eigenvalue weighted by atomic mass is 32.1. The zero-order valence-electron chi connectivity index (χ0n) is 20.3. The Morgan fingerprint density at radius 2 is 2.09 bits per heavy atom. The molecular formula is C24H31F2N5O3S. The first-order valence-corrected chi connectivity index (χ1v) is 12.7. The number of nitrogens with zero attached hydrogens (tertiary/aromatic N) is 3. The molecule has 1 aliphatic carbocycles. The van der Waals surface area contributed by atoms with Gasteiger partial charge in [-0.25, -0.2) is 18.7 Å². The third-order valence-corrected chi connectivity index (χ3v) is 7.71. The van der Waals surface area contributed by atoms with Gasteiger partial charge in [-0.05, 0) is 51.7 Å². The van der Waals surface area contributed by atoms with E-state index in [0.29, 0.717) is 29.1 Å². The molecule has 11 heteroatoms. The topological polar surface area (TPSA) is 107 Å². The van der Waals surface area contributed by atoms with E-state index in [1.807, 2.05) is 19.9 Å². The van der Waals surface area contributed by atoms with Crippen LogP contribution in [-0.4, -0.2) is 68.5 Å². The summed E-state index contributed by atoms with van der Waals surface area (Å²) in [5, 5.41) is 15.7. The first-order valence-electron chi connectivity index (χ1n) is 11.9. The van der Waals surface area contributed by atoms with Crippen LogP contribution in [0.15, 0.2) is 12.3 Å². The molecular weight excluding hydrogens is 476 g/mol. The van der Waals surface area contributed by atoms with Gasteiger partial charge in [-0.2, -0.15) is 0 Å². The van der Waals surface area contributed by atoms with Crippen LogP contribution >= 0.6 is 11.3 Å². The molecule has 0 unspecified atom stereocenters. The van der Waals surface area contributed by atoms with E-state index in [-0.39, 0.29) is 22.8 Å².